The number of nitrogens with one attached hydrogen (secondary N) is 2. The first-order chi connectivity index (χ1) is 12.5. The molecule has 0 saturated carbocycles. The van der Waals surface area contributed by atoms with Gasteiger partial charge in [0.05, 0.1) is 13.2 Å². The van der Waals surface area contributed by atoms with E-state index >= 15 is 0 Å². The van der Waals surface area contributed by atoms with Gasteiger partial charge < -0.3 is 20.3 Å². The summed E-state index contributed by atoms with van der Waals surface area (Å²) in [5.74, 6) is 0.256. The highest BCUT2D eigenvalue weighted by molar-refractivity contribution is 5.97. The summed E-state index contributed by atoms with van der Waals surface area (Å²) in [5.41, 5.74) is 1.62. The molecule has 2 N–H and O–H groups in total. The van der Waals surface area contributed by atoms with E-state index < -0.39 is 6.03 Å². The molecule has 1 aliphatic rings. The van der Waals surface area contributed by atoms with Gasteiger partial charge in [0, 0.05) is 24.3 Å². The number of amides is 3. The number of benzene rings is 2. The lowest BCUT2D eigenvalue weighted by Crippen LogP contribution is -2.39. The fourth-order valence-electron chi connectivity index (χ4n) is 2.84. The minimum Gasteiger partial charge on any atom is -0.497 e. The molecule has 1 atom stereocenters. The molecule has 0 aromatic heterocycles. The zero-order chi connectivity index (χ0) is 18.7. The summed E-state index contributed by atoms with van der Waals surface area (Å²) in [6.07, 6.45) is 0.210. The van der Waals surface area contributed by atoms with Gasteiger partial charge in [-0.3, -0.25) is 4.79 Å². The summed E-state index contributed by atoms with van der Waals surface area (Å²) < 4.78 is 18.7. The standard InChI is InChI=1S/C19H20FN3O3/c1-12-3-4-13(9-17(12)20)21-19(25)22-14-10-18(24)23(11-14)15-5-7-16(26-2)8-6-15/h3-9,14H,10-11H2,1-2H3,(H2,21,22,25). The monoisotopic (exact) mass is 357 g/mol. The van der Waals surface area contributed by atoms with Crippen molar-refractivity contribution in [1.29, 1.82) is 0 Å². The van der Waals surface area contributed by atoms with E-state index in [9.17, 15) is 14.0 Å². The summed E-state index contributed by atoms with van der Waals surface area (Å²) in [7, 11) is 1.58. The number of ether oxygens (including phenoxy) is 1. The third kappa shape index (κ3) is 3.93. The van der Waals surface area contributed by atoms with E-state index in [2.05, 4.69) is 10.6 Å². The Bertz CT molecular complexity index is 823. The highest BCUT2D eigenvalue weighted by atomic mass is 19.1. The van der Waals surface area contributed by atoms with E-state index in [1.165, 1.54) is 6.07 Å². The van der Waals surface area contributed by atoms with E-state index in [-0.39, 0.29) is 24.2 Å². The van der Waals surface area contributed by atoms with Crippen molar-refractivity contribution in [2.75, 3.05) is 23.9 Å². The third-order valence-corrected chi connectivity index (χ3v) is 4.27. The van der Waals surface area contributed by atoms with Gasteiger partial charge in [0.15, 0.2) is 0 Å². The van der Waals surface area contributed by atoms with Gasteiger partial charge in [-0.15, -0.1) is 0 Å². The Morgan fingerprint density at radius 1 is 1.23 bits per heavy atom. The van der Waals surface area contributed by atoms with Gasteiger partial charge in [-0.05, 0) is 48.9 Å². The largest absolute Gasteiger partial charge is 0.497 e. The van der Waals surface area contributed by atoms with Crippen LogP contribution in [-0.4, -0.2) is 31.6 Å². The second kappa shape index (κ2) is 7.43. The molecule has 3 rings (SSSR count). The molecule has 136 valence electrons. The number of nitrogens with zero attached hydrogens (tertiary/aromatic N) is 1. The lowest BCUT2D eigenvalue weighted by Gasteiger charge is -2.18. The van der Waals surface area contributed by atoms with Crippen molar-refractivity contribution in [3.8, 4) is 5.75 Å². The Labute approximate surface area is 150 Å². The second-order valence-electron chi connectivity index (χ2n) is 6.17. The second-order valence-corrected chi connectivity index (χ2v) is 6.17. The molecule has 3 amide bonds. The number of methoxy groups -OCH3 is 1. The maximum atomic E-state index is 13.5. The maximum absolute atomic E-state index is 13.5. The van der Waals surface area contributed by atoms with E-state index in [0.29, 0.717) is 23.5 Å². The predicted octanol–water partition coefficient (Wildman–Crippen LogP) is 3.07. The van der Waals surface area contributed by atoms with Crippen molar-refractivity contribution in [2.24, 2.45) is 0 Å². The molecule has 1 unspecified atom stereocenters. The summed E-state index contributed by atoms with van der Waals surface area (Å²) in [4.78, 5) is 26.0. The first kappa shape index (κ1) is 17.7. The van der Waals surface area contributed by atoms with E-state index in [1.54, 1.807) is 55.3 Å². The predicted molar refractivity (Wildman–Crippen MR) is 97.0 cm³/mol. The summed E-state index contributed by atoms with van der Waals surface area (Å²) in [6, 6.07) is 10.9. The minimum absolute atomic E-state index is 0.0677. The zero-order valence-corrected chi connectivity index (χ0v) is 14.6. The van der Waals surface area contributed by atoms with Crippen molar-refractivity contribution >= 4 is 23.3 Å². The number of urea groups is 1. The number of carbonyl (C=O) groups is 2. The van der Waals surface area contributed by atoms with Crippen LogP contribution in [0.25, 0.3) is 0 Å². The van der Waals surface area contributed by atoms with E-state index in [1.807, 2.05) is 0 Å². The molecule has 1 saturated heterocycles. The molecule has 0 aliphatic carbocycles. The number of hydrogen-bond acceptors (Lipinski definition) is 3. The molecule has 1 fully saturated rings. The molecule has 1 heterocycles. The fraction of sp³-hybridized carbons (Fsp3) is 0.263. The van der Waals surface area contributed by atoms with Gasteiger partial charge in [0.1, 0.15) is 11.6 Å². The van der Waals surface area contributed by atoms with Gasteiger partial charge >= 0.3 is 6.03 Å². The highest BCUT2D eigenvalue weighted by Crippen LogP contribution is 2.24. The average Bonchev–Trinajstić information content (AvgIpc) is 2.98. The molecular weight excluding hydrogens is 337 g/mol. The van der Waals surface area contributed by atoms with Crippen LogP contribution in [0.2, 0.25) is 0 Å². The molecule has 26 heavy (non-hydrogen) atoms. The van der Waals surface area contributed by atoms with Crippen molar-refractivity contribution in [1.82, 2.24) is 5.32 Å². The summed E-state index contributed by atoms with van der Waals surface area (Å²) in [6.45, 7) is 2.03. The molecule has 0 spiro atoms. The Kier molecular flexibility index (Phi) is 5.06. The first-order valence-electron chi connectivity index (χ1n) is 8.24. The number of rotatable bonds is 4. The highest BCUT2D eigenvalue weighted by Gasteiger charge is 2.31. The van der Waals surface area contributed by atoms with Gasteiger partial charge in [-0.2, -0.15) is 0 Å². The molecule has 6 nitrogen and oxygen atoms in total. The molecule has 0 bridgehead atoms. The van der Waals surface area contributed by atoms with Crippen LogP contribution in [0, 0.1) is 12.7 Å². The number of anilines is 2. The van der Waals surface area contributed by atoms with E-state index in [4.69, 9.17) is 4.74 Å². The van der Waals surface area contributed by atoms with E-state index in [0.717, 1.165) is 5.69 Å². The Morgan fingerprint density at radius 2 is 1.96 bits per heavy atom. The zero-order valence-electron chi connectivity index (χ0n) is 14.6. The van der Waals surface area contributed by atoms with Crippen LogP contribution in [0.4, 0.5) is 20.6 Å². The van der Waals surface area contributed by atoms with Crippen LogP contribution in [0.3, 0.4) is 0 Å². The molecule has 2 aromatic carbocycles. The van der Waals surface area contributed by atoms with Crippen molar-refractivity contribution < 1.29 is 18.7 Å². The number of hydrogen-bond donors (Lipinski definition) is 2. The van der Waals surface area contributed by atoms with Gasteiger partial charge in [0.25, 0.3) is 0 Å². The summed E-state index contributed by atoms with van der Waals surface area (Å²) >= 11 is 0. The third-order valence-electron chi connectivity index (χ3n) is 4.27. The number of aryl methyl sites for hydroxylation is 1. The fourth-order valence-corrected chi connectivity index (χ4v) is 2.84. The van der Waals surface area contributed by atoms with Gasteiger partial charge in [0.2, 0.25) is 5.91 Å². The van der Waals surface area contributed by atoms with Crippen LogP contribution in [0.5, 0.6) is 5.75 Å². The van der Waals surface area contributed by atoms with Crippen molar-refractivity contribution in [2.45, 2.75) is 19.4 Å². The lowest BCUT2D eigenvalue weighted by molar-refractivity contribution is -0.117. The number of carbonyl (C=O) groups excluding carboxylic acids is 2. The molecule has 1 aliphatic heterocycles. The minimum atomic E-state index is -0.470. The van der Waals surface area contributed by atoms with Gasteiger partial charge in [-0.25, -0.2) is 9.18 Å². The van der Waals surface area contributed by atoms with Crippen LogP contribution in [0.1, 0.15) is 12.0 Å². The quantitative estimate of drug-likeness (QED) is 0.883. The Morgan fingerprint density at radius 3 is 2.62 bits per heavy atom. The molecule has 2 aromatic rings. The van der Waals surface area contributed by atoms with Crippen LogP contribution < -0.4 is 20.3 Å². The molecule has 0 radical (unpaired) electrons. The lowest BCUT2D eigenvalue weighted by atomic mass is 10.2. The molecular formula is C19H20FN3O3. The number of halogens is 1. The molecule has 7 heteroatoms. The smallest absolute Gasteiger partial charge is 0.319 e. The Balaban J connectivity index is 1.59. The van der Waals surface area contributed by atoms with Crippen LogP contribution in [0.15, 0.2) is 42.5 Å². The normalized spacial score (nSPS) is 16.5. The maximum Gasteiger partial charge on any atom is 0.319 e. The topological polar surface area (TPSA) is 70.7 Å². The van der Waals surface area contributed by atoms with Gasteiger partial charge in [-0.1, -0.05) is 6.07 Å². The van der Waals surface area contributed by atoms with Crippen LogP contribution >= 0.6 is 0 Å². The average molecular weight is 357 g/mol. The first-order valence-corrected chi connectivity index (χ1v) is 8.24. The van der Waals surface area contributed by atoms with Crippen molar-refractivity contribution in [3.05, 3.63) is 53.8 Å². The van der Waals surface area contributed by atoms with Crippen LogP contribution in [-0.2, 0) is 4.79 Å². The Hall–Kier alpha value is -3.09. The SMILES string of the molecule is COc1ccc(N2CC(NC(=O)Nc3ccc(C)c(F)c3)CC2=O)cc1. The van der Waals surface area contributed by atoms with Crippen molar-refractivity contribution in [3.63, 3.8) is 0 Å². The summed E-state index contributed by atoms with van der Waals surface area (Å²) in [5, 5.41) is 5.34.